The van der Waals surface area contributed by atoms with Crippen molar-refractivity contribution in [1.29, 1.82) is 0 Å². The quantitative estimate of drug-likeness (QED) is 0.594. The van der Waals surface area contributed by atoms with Gasteiger partial charge in [0.1, 0.15) is 17.3 Å². The summed E-state index contributed by atoms with van der Waals surface area (Å²) >= 11 is 12.5. The smallest absolute Gasteiger partial charge is 0.244 e. The third kappa shape index (κ3) is 3.95. The van der Waals surface area contributed by atoms with E-state index in [1.165, 1.54) is 4.68 Å². The normalized spacial score (nSPS) is 14.3. The average molecular weight is 450 g/mol. The van der Waals surface area contributed by atoms with Gasteiger partial charge in [-0.3, -0.25) is 9.48 Å². The molecule has 158 valence electrons. The Labute approximate surface area is 183 Å². The first-order chi connectivity index (χ1) is 14.5. The van der Waals surface area contributed by atoms with Gasteiger partial charge in [-0.05, 0) is 19.1 Å². The van der Waals surface area contributed by atoms with Crippen LogP contribution in [0.15, 0.2) is 30.6 Å². The summed E-state index contributed by atoms with van der Waals surface area (Å²) < 4.78 is 8.39. The molecule has 11 heteroatoms. The second-order valence-corrected chi connectivity index (χ2v) is 7.70. The van der Waals surface area contributed by atoms with Crippen LogP contribution in [0.1, 0.15) is 5.69 Å². The number of anilines is 1. The Kier molecular flexibility index (Phi) is 5.83. The molecule has 0 radical (unpaired) electrons. The highest BCUT2D eigenvalue weighted by molar-refractivity contribution is 6.33. The lowest BCUT2D eigenvalue weighted by Crippen LogP contribution is -2.49. The number of benzene rings is 1. The number of halogens is 2. The zero-order chi connectivity index (χ0) is 21.3. The van der Waals surface area contributed by atoms with Crippen molar-refractivity contribution in [3.05, 3.63) is 46.3 Å². The molecule has 3 aromatic rings. The molecule has 1 aliphatic heterocycles. The van der Waals surface area contributed by atoms with Gasteiger partial charge in [-0.15, -0.1) is 5.10 Å². The maximum absolute atomic E-state index is 12.8. The van der Waals surface area contributed by atoms with Crippen LogP contribution in [0.4, 0.5) is 5.69 Å². The van der Waals surface area contributed by atoms with Crippen LogP contribution in [-0.4, -0.2) is 68.9 Å². The molecule has 1 saturated heterocycles. The van der Waals surface area contributed by atoms with Crippen molar-refractivity contribution in [2.75, 3.05) is 38.2 Å². The number of carbonyl (C=O) groups is 1. The number of piperazine rings is 1. The summed E-state index contributed by atoms with van der Waals surface area (Å²) in [7, 11) is 1.60. The SMILES string of the molecule is COc1cc(N2CCN(C(=O)Cn3nc(-n4ccnn4)c(Cl)c3C)CC2)ccc1Cl. The molecular formula is C19H21Cl2N7O2. The molecule has 1 amide bonds. The Hall–Kier alpha value is -2.78. The highest BCUT2D eigenvalue weighted by atomic mass is 35.5. The van der Waals surface area contributed by atoms with Gasteiger partial charge >= 0.3 is 0 Å². The molecule has 9 nitrogen and oxygen atoms in total. The number of hydrogen-bond acceptors (Lipinski definition) is 6. The monoisotopic (exact) mass is 449 g/mol. The van der Waals surface area contributed by atoms with Crippen LogP contribution in [0.25, 0.3) is 5.82 Å². The number of aromatic nitrogens is 5. The molecule has 1 fully saturated rings. The highest BCUT2D eigenvalue weighted by Gasteiger charge is 2.24. The number of methoxy groups -OCH3 is 1. The van der Waals surface area contributed by atoms with E-state index in [-0.39, 0.29) is 12.5 Å². The summed E-state index contributed by atoms with van der Waals surface area (Å²) in [4.78, 5) is 16.9. The van der Waals surface area contributed by atoms with E-state index in [4.69, 9.17) is 27.9 Å². The van der Waals surface area contributed by atoms with E-state index in [1.807, 2.05) is 30.0 Å². The van der Waals surface area contributed by atoms with Gasteiger partial charge in [0.05, 0.1) is 30.2 Å². The molecule has 1 aliphatic rings. The van der Waals surface area contributed by atoms with E-state index in [1.54, 1.807) is 24.2 Å². The van der Waals surface area contributed by atoms with Gasteiger partial charge < -0.3 is 14.5 Å². The van der Waals surface area contributed by atoms with Crippen LogP contribution in [0, 0.1) is 6.92 Å². The lowest BCUT2D eigenvalue weighted by Gasteiger charge is -2.36. The van der Waals surface area contributed by atoms with Gasteiger partial charge in [0, 0.05) is 37.9 Å². The number of amides is 1. The molecule has 0 N–H and O–H groups in total. The summed E-state index contributed by atoms with van der Waals surface area (Å²) in [6, 6.07) is 5.70. The molecule has 0 atom stereocenters. The van der Waals surface area contributed by atoms with Crippen LogP contribution in [0.3, 0.4) is 0 Å². The molecule has 4 rings (SSSR count). The summed E-state index contributed by atoms with van der Waals surface area (Å²) in [5, 5.41) is 13.2. The zero-order valence-electron chi connectivity index (χ0n) is 16.6. The summed E-state index contributed by atoms with van der Waals surface area (Å²) in [5.74, 6) is 1.10. The molecule has 0 unspecified atom stereocenters. The first-order valence-electron chi connectivity index (χ1n) is 9.43. The number of rotatable bonds is 5. The molecule has 3 heterocycles. The topological polar surface area (TPSA) is 81.3 Å². The predicted octanol–water partition coefficient (Wildman–Crippen LogP) is 2.44. The van der Waals surface area contributed by atoms with Crippen LogP contribution >= 0.6 is 23.2 Å². The van der Waals surface area contributed by atoms with E-state index in [0.29, 0.717) is 40.4 Å². The lowest BCUT2D eigenvalue weighted by molar-refractivity contribution is -0.132. The maximum atomic E-state index is 12.8. The van der Waals surface area contributed by atoms with Gasteiger partial charge in [0.15, 0.2) is 5.82 Å². The lowest BCUT2D eigenvalue weighted by atomic mass is 10.2. The second kappa shape index (κ2) is 8.53. The maximum Gasteiger partial charge on any atom is 0.244 e. The largest absolute Gasteiger partial charge is 0.495 e. The van der Waals surface area contributed by atoms with Crippen molar-refractivity contribution in [2.24, 2.45) is 0 Å². The molecule has 30 heavy (non-hydrogen) atoms. The minimum absolute atomic E-state index is 0.00394. The van der Waals surface area contributed by atoms with Crippen molar-refractivity contribution in [2.45, 2.75) is 13.5 Å². The Morgan fingerprint density at radius 3 is 2.63 bits per heavy atom. The molecular weight excluding hydrogens is 429 g/mol. The van der Waals surface area contributed by atoms with Crippen molar-refractivity contribution in [1.82, 2.24) is 29.7 Å². The zero-order valence-corrected chi connectivity index (χ0v) is 18.1. The van der Waals surface area contributed by atoms with E-state index in [0.717, 1.165) is 18.8 Å². The van der Waals surface area contributed by atoms with Crippen molar-refractivity contribution in [3.8, 4) is 11.6 Å². The fraction of sp³-hybridized carbons (Fsp3) is 0.368. The molecule has 0 aliphatic carbocycles. The summed E-state index contributed by atoms with van der Waals surface area (Å²) in [5.41, 5.74) is 1.73. The fourth-order valence-electron chi connectivity index (χ4n) is 3.42. The fourth-order valence-corrected chi connectivity index (χ4v) is 3.83. The minimum atomic E-state index is -0.00394. The van der Waals surface area contributed by atoms with Crippen molar-refractivity contribution >= 4 is 34.8 Å². The van der Waals surface area contributed by atoms with E-state index < -0.39 is 0 Å². The number of hydrogen-bond donors (Lipinski definition) is 0. The van der Waals surface area contributed by atoms with Crippen LogP contribution < -0.4 is 9.64 Å². The molecule has 1 aromatic carbocycles. The van der Waals surface area contributed by atoms with Crippen LogP contribution in [0.5, 0.6) is 5.75 Å². The van der Waals surface area contributed by atoms with Gasteiger partial charge in [-0.2, -0.15) is 9.78 Å². The van der Waals surface area contributed by atoms with Gasteiger partial charge in [-0.1, -0.05) is 28.4 Å². The van der Waals surface area contributed by atoms with E-state index >= 15 is 0 Å². The number of nitrogens with zero attached hydrogens (tertiary/aromatic N) is 7. The summed E-state index contributed by atoms with van der Waals surface area (Å²) in [6.07, 6.45) is 3.20. The highest BCUT2D eigenvalue weighted by Crippen LogP contribution is 2.30. The van der Waals surface area contributed by atoms with Gasteiger partial charge in [0.2, 0.25) is 5.91 Å². The first kappa shape index (κ1) is 20.5. The van der Waals surface area contributed by atoms with E-state index in [2.05, 4.69) is 20.3 Å². The second-order valence-electron chi connectivity index (χ2n) is 6.91. The third-order valence-electron chi connectivity index (χ3n) is 5.17. The molecule has 2 aromatic heterocycles. The Morgan fingerprint density at radius 2 is 1.97 bits per heavy atom. The Morgan fingerprint density at radius 1 is 1.20 bits per heavy atom. The van der Waals surface area contributed by atoms with Crippen molar-refractivity contribution < 1.29 is 9.53 Å². The van der Waals surface area contributed by atoms with E-state index in [9.17, 15) is 4.79 Å². The Balaban J connectivity index is 1.40. The van der Waals surface area contributed by atoms with Crippen molar-refractivity contribution in [3.63, 3.8) is 0 Å². The average Bonchev–Trinajstić information content (AvgIpc) is 3.38. The molecule has 0 saturated carbocycles. The summed E-state index contributed by atoms with van der Waals surface area (Å²) in [6.45, 7) is 4.63. The van der Waals surface area contributed by atoms with Crippen LogP contribution in [-0.2, 0) is 11.3 Å². The number of ether oxygens (including phenoxy) is 1. The Bertz CT molecular complexity index is 1040. The molecule has 0 bridgehead atoms. The predicted molar refractivity (Wildman–Crippen MR) is 114 cm³/mol. The van der Waals surface area contributed by atoms with Gasteiger partial charge in [-0.25, -0.2) is 0 Å². The van der Waals surface area contributed by atoms with Crippen LogP contribution in [0.2, 0.25) is 10.0 Å². The third-order valence-corrected chi connectivity index (χ3v) is 5.93. The number of carbonyl (C=O) groups excluding carboxylic acids is 1. The standard InChI is InChI=1S/C19H21Cl2N7O2/c1-13-18(21)19(27-6-5-22-24-27)23-28(13)12-17(29)26-9-7-25(8-10-26)14-3-4-15(20)16(11-14)30-2/h3-6,11H,7-10,12H2,1-2H3. The molecule has 0 spiro atoms. The minimum Gasteiger partial charge on any atom is -0.495 e. The first-order valence-corrected chi connectivity index (χ1v) is 10.2. The van der Waals surface area contributed by atoms with Gasteiger partial charge in [0.25, 0.3) is 0 Å².